The van der Waals surface area contributed by atoms with Gasteiger partial charge in [0.1, 0.15) is 0 Å². The van der Waals surface area contributed by atoms with Crippen molar-refractivity contribution in [3.63, 3.8) is 0 Å². The van der Waals surface area contributed by atoms with E-state index in [1.165, 1.54) is 6.08 Å². The maximum absolute atomic E-state index is 12.2. The van der Waals surface area contributed by atoms with Crippen molar-refractivity contribution in [2.75, 3.05) is 5.32 Å². The standard InChI is InChI=1S/C16H19N3O/c1-4-14(11(2)12(3)15(18)10-17)16(20)19-13-8-6-5-7-9-13/h4-9,12,15H,1,18H2,2-3H3,(H,19,20)/b14-11+/t12-,15+/m0/s1. The fraction of sp³-hybridized carbons (Fsp3) is 0.250. The van der Waals surface area contributed by atoms with E-state index in [0.29, 0.717) is 11.3 Å². The molecular formula is C16H19N3O. The van der Waals surface area contributed by atoms with Crippen molar-refractivity contribution < 1.29 is 4.79 Å². The third kappa shape index (κ3) is 3.81. The molecule has 1 rings (SSSR count). The van der Waals surface area contributed by atoms with Crippen LogP contribution in [0.4, 0.5) is 5.69 Å². The van der Waals surface area contributed by atoms with Crippen molar-refractivity contribution >= 4 is 11.6 Å². The van der Waals surface area contributed by atoms with E-state index < -0.39 is 6.04 Å². The molecule has 2 atom stereocenters. The van der Waals surface area contributed by atoms with Gasteiger partial charge in [-0.05, 0) is 19.1 Å². The molecular weight excluding hydrogens is 250 g/mol. The summed E-state index contributed by atoms with van der Waals surface area (Å²) in [5.41, 5.74) is 7.61. The summed E-state index contributed by atoms with van der Waals surface area (Å²) in [4.78, 5) is 12.2. The molecule has 4 heteroatoms. The molecule has 0 aliphatic heterocycles. The van der Waals surface area contributed by atoms with Crippen molar-refractivity contribution in [3.8, 4) is 6.07 Å². The van der Waals surface area contributed by atoms with Crippen LogP contribution in [-0.2, 0) is 4.79 Å². The van der Waals surface area contributed by atoms with Crippen LogP contribution in [0.3, 0.4) is 0 Å². The third-order valence-electron chi connectivity index (χ3n) is 3.28. The molecule has 0 heterocycles. The maximum atomic E-state index is 12.2. The molecule has 4 nitrogen and oxygen atoms in total. The second-order valence-electron chi connectivity index (χ2n) is 4.56. The van der Waals surface area contributed by atoms with Crippen LogP contribution in [0.15, 0.2) is 54.1 Å². The second-order valence-corrected chi connectivity index (χ2v) is 4.56. The summed E-state index contributed by atoms with van der Waals surface area (Å²) in [5, 5.41) is 11.7. The van der Waals surface area contributed by atoms with E-state index >= 15 is 0 Å². The van der Waals surface area contributed by atoms with Crippen LogP contribution in [0.1, 0.15) is 13.8 Å². The molecule has 0 aliphatic carbocycles. The molecule has 1 aromatic carbocycles. The van der Waals surface area contributed by atoms with E-state index in [9.17, 15) is 4.79 Å². The Bertz CT molecular complexity index is 555. The smallest absolute Gasteiger partial charge is 0.255 e. The number of hydrogen-bond acceptors (Lipinski definition) is 3. The highest BCUT2D eigenvalue weighted by Gasteiger charge is 2.19. The first-order valence-electron chi connectivity index (χ1n) is 6.36. The maximum Gasteiger partial charge on any atom is 0.255 e. The van der Waals surface area contributed by atoms with Gasteiger partial charge in [-0.15, -0.1) is 0 Å². The van der Waals surface area contributed by atoms with Crippen LogP contribution in [0, 0.1) is 17.2 Å². The summed E-state index contributed by atoms with van der Waals surface area (Å²) in [5.74, 6) is -0.463. The monoisotopic (exact) mass is 269 g/mol. The number of nitrogens with one attached hydrogen (secondary N) is 1. The van der Waals surface area contributed by atoms with E-state index in [1.54, 1.807) is 19.1 Å². The molecule has 0 saturated heterocycles. The number of para-hydroxylation sites is 1. The summed E-state index contributed by atoms with van der Waals surface area (Å²) in [6, 6.07) is 10.5. The minimum Gasteiger partial charge on any atom is -0.322 e. The highest BCUT2D eigenvalue weighted by atomic mass is 16.1. The van der Waals surface area contributed by atoms with Gasteiger partial charge in [0.2, 0.25) is 0 Å². The largest absolute Gasteiger partial charge is 0.322 e. The van der Waals surface area contributed by atoms with Crippen molar-refractivity contribution in [2.45, 2.75) is 19.9 Å². The molecule has 1 aromatic rings. The van der Waals surface area contributed by atoms with Gasteiger partial charge in [0, 0.05) is 17.2 Å². The van der Waals surface area contributed by atoms with E-state index in [4.69, 9.17) is 11.0 Å². The van der Waals surface area contributed by atoms with E-state index in [2.05, 4.69) is 11.9 Å². The van der Waals surface area contributed by atoms with Gasteiger partial charge >= 0.3 is 0 Å². The Balaban J connectivity index is 2.98. The lowest BCUT2D eigenvalue weighted by Crippen LogP contribution is -2.28. The Morgan fingerprint density at radius 1 is 1.45 bits per heavy atom. The van der Waals surface area contributed by atoms with Gasteiger partial charge in [-0.25, -0.2) is 0 Å². The fourth-order valence-electron chi connectivity index (χ4n) is 1.78. The van der Waals surface area contributed by atoms with Crippen molar-refractivity contribution in [1.82, 2.24) is 0 Å². The van der Waals surface area contributed by atoms with Gasteiger partial charge in [-0.2, -0.15) is 5.26 Å². The predicted molar refractivity (Wildman–Crippen MR) is 80.7 cm³/mol. The quantitative estimate of drug-likeness (QED) is 0.637. The predicted octanol–water partition coefficient (Wildman–Crippen LogP) is 2.61. The first-order chi connectivity index (χ1) is 9.51. The lowest BCUT2D eigenvalue weighted by atomic mass is 9.91. The molecule has 0 aromatic heterocycles. The Hall–Kier alpha value is -2.38. The molecule has 20 heavy (non-hydrogen) atoms. The summed E-state index contributed by atoms with van der Waals surface area (Å²) in [7, 11) is 0. The van der Waals surface area contributed by atoms with Gasteiger partial charge in [0.05, 0.1) is 12.1 Å². The van der Waals surface area contributed by atoms with Crippen LogP contribution < -0.4 is 11.1 Å². The average Bonchev–Trinajstić information content (AvgIpc) is 2.47. The van der Waals surface area contributed by atoms with Crippen LogP contribution >= 0.6 is 0 Å². The molecule has 104 valence electrons. The number of carbonyl (C=O) groups excluding carboxylic acids is 1. The highest BCUT2D eigenvalue weighted by molar-refractivity contribution is 6.06. The number of nitrogens with zero attached hydrogens (tertiary/aromatic N) is 1. The third-order valence-corrected chi connectivity index (χ3v) is 3.28. The summed E-state index contributed by atoms with van der Waals surface area (Å²) < 4.78 is 0. The second kappa shape index (κ2) is 7.27. The molecule has 3 N–H and O–H groups in total. The molecule has 0 fully saturated rings. The number of anilines is 1. The van der Waals surface area contributed by atoms with Gasteiger partial charge in [0.25, 0.3) is 5.91 Å². The molecule has 0 saturated carbocycles. The SMILES string of the molecule is C=C/C(C(=O)Nc1ccccc1)=C(/C)[C@H](C)[C@H](N)C#N. The molecule has 0 unspecified atom stereocenters. The zero-order valence-corrected chi connectivity index (χ0v) is 11.8. The number of rotatable bonds is 5. The Kier molecular flexibility index (Phi) is 5.70. The molecule has 0 aliphatic rings. The molecule has 0 bridgehead atoms. The van der Waals surface area contributed by atoms with Crippen LogP contribution in [0.5, 0.6) is 0 Å². The normalized spacial score (nSPS) is 14.5. The zero-order valence-electron chi connectivity index (χ0n) is 11.8. The van der Waals surface area contributed by atoms with Crippen molar-refractivity contribution in [3.05, 3.63) is 54.1 Å². The van der Waals surface area contributed by atoms with Crippen LogP contribution in [0.2, 0.25) is 0 Å². The first kappa shape index (κ1) is 15.7. The van der Waals surface area contributed by atoms with E-state index in [1.807, 2.05) is 31.2 Å². The molecule has 0 radical (unpaired) electrons. The zero-order chi connectivity index (χ0) is 15.1. The van der Waals surface area contributed by atoms with Crippen LogP contribution in [0.25, 0.3) is 0 Å². The molecule has 0 spiro atoms. The van der Waals surface area contributed by atoms with Gasteiger partial charge in [-0.1, -0.05) is 43.4 Å². The van der Waals surface area contributed by atoms with Gasteiger partial charge in [-0.3, -0.25) is 4.79 Å². The number of nitrogens with two attached hydrogens (primary N) is 1. The number of amides is 1. The fourth-order valence-corrected chi connectivity index (χ4v) is 1.78. The highest BCUT2D eigenvalue weighted by Crippen LogP contribution is 2.19. The average molecular weight is 269 g/mol. The van der Waals surface area contributed by atoms with Crippen LogP contribution in [-0.4, -0.2) is 11.9 Å². The number of hydrogen-bond donors (Lipinski definition) is 2. The number of nitriles is 1. The van der Waals surface area contributed by atoms with Gasteiger partial charge < -0.3 is 11.1 Å². The summed E-state index contributed by atoms with van der Waals surface area (Å²) in [6.45, 7) is 7.29. The molecule has 1 amide bonds. The topological polar surface area (TPSA) is 78.9 Å². The lowest BCUT2D eigenvalue weighted by Gasteiger charge is -2.17. The minimum absolute atomic E-state index is 0.213. The summed E-state index contributed by atoms with van der Waals surface area (Å²) >= 11 is 0. The van der Waals surface area contributed by atoms with E-state index in [-0.39, 0.29) is 11.8 Å². The van der Waals surface area contributed by atoms with Crippen molar-refractivity contribution in [2.24, 2.45) is 11.7 Å². The van der Waals surface area contributed by atoms with E-state index in [0.717, 1.165) is 5.57 Å². The minimum atomic E-state index is -0.644. The summed E-state index contributed by atoms with van der Waals surface area (Å²) in [6.07, 6.45) is 1.49. The Labute approximate surface area is 119 Å². The Morgan fingerprint density at radius 3 is 2.55 bits per heavy atom. The first-order valence-corrected chi connectivity index (χ1v) is 6.36. The Morgan fingerprint density at radius 2 is 2.05 bits per heavy atom. The number of benzene rings is 1. The van der Waals surface area contributed by atoms with Crippen molar-refractivity contribution in [1.29, 1.82) is 5.26 Å². The lowest BCUT2D eigenvalue weighted by molar-refractivity contribution is -0.112. The van der Waals surface area contributed by atoms with Gasteiger partial charge in [0.15, 0.2) is 0 Å². The number of carbonyl (C=O) groups is 1.